The van der Waals surface area contributed by atoms with Crippen LogP contribution in [-0.4, -0.2) is 28.7 Å². The fourth-order valence-electron chi connectivity index (χ4n) is 2.23. The van der Waals surface area contributed by atoms with E-state index in [4.69, 9.17) is 25.5 Å². The number of hydrogen-bond acceptors (Lipinski definition) is 8. The maximum atomic E-state index is 12.0. The minimum Gasteiger partial charge on any atom is -0.454 e. The summed E-state index contributed by atoms with van der Waals surface area (Å²) in [5, 5.41) is 11.1. The van der Waals surface area contributed by atoms with Crippen LogP contribution in [-0.2, 0) is 11.3 Å². The minimum absolute atomic E-state index is 0.133. The Morgan fingerprint density at radius 1 is 1.23 bits per heavy atom. The first kappa shape index (κ1) is 17.2. The lowest BCUT2D eigenvalue weighted by molar-refractivity contribution is -0.118. The van der Waals surface area contributed by atoms with Crippen molar-refractivity contribution in [3.05, 3.63) is 40.2 Å². The van der Waals surface area contributed by atoms with E-state index in [0.29, 0.717) is 27.7 Å². The Morgan fingerprint density at radius 2 is 2.12 bits per heavy atom. The summed E-state index contributed by atoms with van der Waals surface area (Å²) in [6, 6.07) is 9.15. The number of amides is 1. The van der Waals surface area contributed by atoms with Gasteiger partial charge in [-0.3, -0.25) is 4.79 Å². The van der Waals surface area contributed by atoms with Gasteiger partial charge >= 0.3 is 0 Å². The first-order valence-corrected chi connectivity index (χ1v) is 9.72. The standard InChI is InChI=1S/C16H12ClN3O4S2/c17-13-4-3-12(26-13)15-19-20-16(24-15)25-7-14(21)18-6-9-1-2-10-11(5-9)23-8-22-10/h1-5H,6-8H2,(H,18,21). The molecule has 1 aliphatic heterocycles. The van der Waals surface area contributed by atoms with Gasteiger partial charge in [0.2, 0.25) is 12.7 Å². The van der Waals surface area contributed by atoms with E-state index in [9.17, 15) is 4.79 Å². The molecule has 0 aliphatic carbocycles. The van der Waals surface area contributed by atoms with E-state index in [-0.39, 0.29) is 18.5 Å². The zero-order valence-corrected chi connectivity index (χ0v) is 15.6. The first-order chi connectivity index (χ1) is 12.7. The van der Waals surface area contributed by atoms with Crippen LogP contribution >= 0.6 is 34.7 Å². The van der Waals surface area contributed by atoms with Gasteiger partial charge in [0, 0.05) is 6.54 Å². The summed E-state index contributed by atoms with van der Waals surface area (Å²) in [7, 11) is 0. The Hall–Kier alpha value is -2.23. The number of rotatable bonds is 6. The molecule has 4 rings (SSSR count). The number of halogens is 1. The van der Waals surface area contributed by atoms with Gasteiger partial charge in [-0.1, -0.05) is 29.4 Å². The van der Waals surface area contributed by atoms with Crippen LogP contribution in [0.4, 0.5) is 0 Å². The molecular formula is C16H12ClN3O4S2. The Balaban J connectivity index is 1.27. The van der Waals surface area contributed by atoms with E-state index in [0.717, 1.165) is 16.2 Å². The third-order valence-electron chi connectivity index (χ3n) is 3.44. The maximum Gasteiger partial charge on any atom is 0.277 e. The molecule has 0 bridgehead atoms. The summed E-state index contributed by atoms with van der Waals surface area (Å²) in [5.41, 5.74) is 0.933. The van der Waals surface area contributed by atoms with Gasteiger partial charge in [0.15, 0.2) is 11.5 Å². The van der Waals surface area contributed by atoms with Crippen molar-refractivity contribution in [3.8, 4) is 22.3 Å². The molecule has 7 nitrogen and oxygen atoms in total. The summed E-state index contributed by atoms with van der Waals surface area (Å²) in [4.78, 5) is 12.8. The summed E-state index contributed by atoms with van der Waals surface area (Å²) in [6.45, 7) is 0.629. The van der Waals surface area contributed by atoms with Crippen LogP contribution < -0.4 is 14.8 Å². The molecule has 1 amide bonds. The van der Waals surface area contributed by atoms with Crippen LogP contribution in [0.1, 0.15) is 5.56 Å². The van der Waals surface area contributed by atoms with Crippen LogP contribution in [0.15, 0.2) is 40.0 Å². The predicted octanol–water partition coefficient (Wildman–Crippen LogP) is 3.59. The van der Waals surface area contributed by atoms with Gasteiger partial charge in [0.05, 0.1) is 15.0 Å². The number of aromatic nitrogens is 2. The Bertz CT molecular complexity index is 943. The average Bonchev–Trinajstić information content (AvgIpc) is 3.37. The van der Waals surface area contributed by atoms with Crippen molar-refractivity contribution < 1.29 is 18.7 Å². The normalized spacial score (nSPS) is 12.3. The van der Waals surface area contributed by atoms with E-state index < -0.39 is 0 Å². The monoisotopic (exact) mass is 409 g/mol. The third-order valence-corrected chi connectivity index (χ3v) is 5.48. The lowest BCUT2D eigenvalue weighted by Gasteiger charge is -2.05. The number of thioether (sulfide) groups is 1. The second-order valence-electron chi connectivity index (χ2n) is 5.23. The molecule has 0 saturated heterocycles. The van der Waals surface area contributed by atoms with Crippen molar-refractivity contribution in [3.63, 3.8) is 0 Å². The lowest BCUT2D eigenvalue weighted by Crippen LogP contribution is -2.24. The molecule has 2 aromatic heterocycles. The quantitative estimate of drug-likeness (QED) is 0.622. The highest BCUT2D eigenvalue weighted by Crippen LogP contribution is 2.33. The van der Waals surface area contributed by atoms with Gasteiger partial charge in [-0.05, 0) is 29.8 Å². The van der Waals surface area contributed by atoms with Gasteiger partial charge in [-0.25, -0.2) is 0 Å². The number of fused-ring (bicyclic) bond motifs is 1. The molecule has 0 saturated carbocycles. The Kier molecular flexibility index (Phi) is 5.00. The molecule has 1 N–H and O–H groups in total. The molecule has 26 heavy (non-hydrogen) atoms. The number of carbonyl (C=O) groups excluding carboxylic acids is 1. The molecule has 0 spiro atoms. The van der Waals surface area contributed by atoms with Gasteiger partial charge in [0.25, 0.3) is 11.1 Å². The van der Waals surface area contributed by atoms with Gasteiger partial charge in [-0.2, -0.15) is 0 Å². The number of nitrogens with zero attached hydrogens (tertiary/aromatic N) is 2. The summed E-state index contributed by atoms with van der Waals surface area (Å²) in [6.07, 6.45) is 0. The van der Waals surface area contributed by atoms with Crippen molar-refractivity contribution in [1.29, 1.82) is 0 Å². The summed E-state index contributed by atoms with van der Waals surface area (Å²) in [5.74, 6) is 1.85. The molecule has 10 heteroatoms. The van der Waals surface area contributed by atoms with Crippen molar-refractivity contribution in [2.45, 2.75) is 11.8 Å². The molecule has 1 aliphatic rings. The van der Waals surface area contributed by atoms with Crippen LogP contribution in [0.5, 0.6) is 11.5 Å². The zero-order chi connectivity index (χ0) is 17.9. The highest BCUT2D eigenvalue weighted by molar-refractivity contribution is 7.99. The largest absolute Gasteiger partial charge is 0.454 e. The number of thiophene rings is 1. The zero-order valence-electron chi connectivity index (χ0n) is 13.2. The molecule has 0 radical (unpaired) electrons. The van der Waals surface area contributed by atoms with Gasteiger partial charge in [-0.15, -0.1) is 21.5 Å². The topological polar surface area (TPSA) is 86.5 Å². The third kappa shape index (κ3) is 3.95. The smallest absolute Gasteiger partial charge is 0.277 e. The van der Waals surface area contributed by atoms with Crippen molar-refractivity contribution in [2.24, 2.45) is 0 Å². The van der Waals surface area contributed by atoms with E-state index in [2.05, 4.69) is 15.5 Å². The highest BCUT2D eigenvalue weighted by atomic mass is 35.5. The molecule has 0 unspecified atom stereocenters. The molecule has 0 atom stereocenters. The second-order valence-corrected chi connectivity index (χ2v) is 7.87. The van der Waals surface area contributed by atoms with Gasteiger partial charge in [0.1, 0.15) is 0 Å². The molecule has 3 aromatic rings. The number of carbonyl (C=O) groups is 1. The van der Waals surface area contributed by atoms with Crippen molar-refractivity contribution in [1.82, 2.24) is 15.5 Å². The van der Waals surface area contributed by atoms with E-state index in [1.54, 1.807) is 6.07 Å². The van der Waals surface area contributed by atoms with Crippen LogP contribution in [0.2, 0.25) is 4.34 Å². The molecule has 1 aromatic carbocycles. The first-order valence-electron chi connectivity index (χ1n) is 7.54. The molecule has 0 fully saturated rings. The summed E-state index contributed by atoms with van der Waals surface area (Å²) >= 11 is 8.43. The van der Waals surface area contributed by atoms with E-state index in [1.807, 2.05) is 24.3 Å². The SMILES string of the molecule is O=C(CSc1nnc(-c2ccc(Cl)s2)o1)NCc1ccc2c(c1)OCO2. The highest BCUT2D eigenvalue weighted by Gasteiger charge is 2.15. The molecular weight excluding hydrogens is 398 g/mol. The lowest BCUT2D eigenvalue weighted by atomic mass is 10.2. The number of nitrogens with one attached hydrogen (secondary N) is 1. The van der Waals surface area contributed by atoms with E-state index in [1.165, 1.54) is 23.1 Å². The summed E-state index contributed by atoms with van der Waals surface area (Å²) < 4.78 is 16.8. The predicted molar refractivity (Wildman–Crippen MR) is 97.8 cm³/mol. The van der Waals surface area contributed by atoms with E-state index >= 15 is 0 Å². The van der Waals surface area contributed by atoms with Crippen LogP contribution in [0, 0.1) is 0 Å². The number of hydrogen-bond donors (Lipinski definition) is 1. The second kappa shape index (κ2) is 7.56. The Labute approximate surface area is 161 Å². The molecule has 134 valence electrons. The van der Waals surface area contributed by atoms with Crippen molar-refractivity contribution in [2.75, 3.05) is 12.5 Å². The van der Waals surface area contributed by atoms with Crippen LogP contribution in [0.3, 0.4) is 0 Å². The fraction of sp³-hybridized carbons (Fsp3) is 0.188. The number of ether oxygens (including phenoxy) is 2. The molecule has 3 heterocycles. The van der Waals surface area contributed by atoms with Crippen LogP contribution in [0.25, 0.3) is 10.8 Å². The van der Waals surface area contributed by atoms with Gasteiger partial charge < -0.3 is 19.2 Å². The number of benzene rings is 1. The van der Waals surface area contributed by atoms with Crippen molar-refractivity contribution >= 4 is 40.6 Å². The maximum absolute atomic E-state index is 12.0. The Morgan fingerprint density at radius 3 is 2.96 bits per heavy atom. The average molecular weight is 410 g/mol. The minimum atomic E-state index is -0.133. The fourth-order valence-corrected chi connectivity index (χ4v) is 3.78.